The van der Waals surface area contributed by atoms with Crippen LogP contribution in [0.5, 0.6) is 0 Å². The first-order chi connectivity index (χ1) is 8.63. The third-order valence-corrected chi connectivity index (χ3v) is 4.62. The molecular weight excluding hydrogens is 248 g/mol. The van der Waals surface area contributed by atoms with Crippen molar-refractivity contribution in [2.45, 2.75) is 18.6 Å². The van der Waals surface area contributed by atoms with Crippen LogP contribution < -0.4 is 10.6 Å². The van der Waals surface area contributed by atoms with Crippen LogP contribution in [0, 0.1) is 0 Å². The molecule has 1 saturated heterocycles. The number of hydrogen-bond donors (Lipinski definition) is 2. The average Bonchev–Trinajstić information content (AvgIpc) is 2.38. The van der Waals surface area contributed by atoms with Crippen molar-refractivity contribution in [2.24, 2.45) is 0 Å². The van der Waals surface area contributed by atoms with Gasteiger partial charge in [0.05, 0.1) is 16.9 Å². The molecule has 1 aromatic carbocycles. The van der Waals surface area contributed by atoms with Gasteiger partial charge in [0.2, 0.25) is 0 Å². The van der Waals surface area contributed by atoms with Crippen LogP contribution in [0.2, 0.25) is 0 Å². The lowest BCUT2D eigenvalue weighted by Crippen LogP contribution is -2.38. The molecule has 1 fully saturated rings. The van der Waals surface area contributed by atoms with Crippen LogP contribution in [-0.4, -0.2) is 35.2 Å². The fourth-order valence-corrected chi connectivity index (χ4v) is 3.38. The Morgan fingerprint density at radius 1 is 1.61 bits per heavy atom. The van der Waals surface area contributed by atoms with Gasteiger partial charge >= 0.3 is 5.97 Å². The van der Waals surface area contributed by atoms with Crippen molar-refractivity contribution in [3.05, 3.63) is 23.8 Å². The summed E-state index contributed by atoms with van der Waals surface area (Å²) in [4.78, 5) is 13.3. The Kier molecular flexibility index (Phi) is 4.01. The predicted octanol–water partition coefficient (Wildman–Crippen LogP) is 2.30. The minimum absolute atomic E-state index is 0.193. The molecule has 1 unspecified atom stereocenters. The Morgan fingerprint density at radius 2 is 2.39 bits per heavy atom. The molecular formula is C13H18N2O2S. The number of rotatable bonds is 3. The molecule has 4 nitrogen and oxygen atoms in total. The van der Waals surface area contributed by atoms with Crippen molar-refractivity contribution >= 4 is 29.1 Å². The van der Waals surface area contributed by atoms with Crippen LogP contribution in [0.25, 0.3) is 0 Å². The van der Waals surface area contributed by atoms with Crippen LogP contribution in [0.15, 0.2) is 18.2 Å². The van der Waals surface area contributed by atoms with Crippen molar-refractivity contribution in [3.63, 3.8) is 0 Å². The number of carbonyl (C=O) groups is 1. The normalized spacial score (nSPS) is 19.8. The highest BCUT2D eigenvalue weighted by molar-refractivity contribution is 8.00. The molecule has 2 rings (SSSR count). The standard InChI is InChI=1S/C13H18N2O2S/c1-2-9-8-15(6-7-18-9)11-5-3-4-10(12(11)14)13(16)17/h3-5,9H,2,6-8,14H2,1H3,(H,16,17). The Labute approximate surface area is 111 Å². The van der Waals surface area contributed by atoms with Gasteiger partial charge < -0.3 is 15.7 Å². The third-order valence-electron chi connectivity index (χ3n) is 3.25. The summed E-state index contributed by atoms with van der Waals surface area (Å²) >= 11 is 1.98. The highest BCUT2D eigenvalue weighted by atomic mass is 32.2. The van der Waals surface area contributed by atoms with Crippen LogP contribution in [0.4, 0.5) is 11.4 Å². The largest absolute Gasteiger partial charge is 0.478 e. The number of aromatic carboxylic acids is 1. The first-order valence-corrected chi connectivity index (χ1v) is 7.16. The molecule has 18 heavy (non-hydrogen) atoms. The Balaban J connectivity index is 2.27. The Bertz CT molecular complexity index is 451. The van der Waals surface area contributed by atoms with E-state index >= 15 is 0 Å². The molecule has 0 bridgehead atoms. The highest BCUT2D eigenvalue weighted by Crippen LogP contribution is 2.31. The summed E-state index contributed by atoms with van der Waals surface area (Å²) < 4.78 is 0. The molecule has 0 spiro atoms. The molecule has 5 heteroatoms. The number of carboxylic acid groups (broad SMARTS) is 1. The summed E-state index contributed by atoms with van der Waals surface area (Å²) in [6.45, 7) is 4.04. The highest BCUT2D eigenvalue weighted by Gasteiger charge is 2.22. The van der Waals surface area contributed by atoms with E-state index in [1.54, 1.807) is 12.1 Å². The van der Waals surface area contributed by atoms with Gasteiger partial charge in [0.1, 0.15) is 0 Å². The number of benzene rings is 1. The monoisotopic (exact) mass is 266 g/mol. The van der Waals surface area contributed by atoms with E-state index in [1.807, 2.05) is 17.8 Å². The molecule has 1 heterocycles. The second-order valence-electron chi connectivity index (χ2n) is 4.39. The van der Waals surface area contributed by atoms with Gasteiger partial charge in [0.25, 0.3) is 0 Å². The SMILES string of the molecule is CCC1CN(c2cccc(C(=O)O)c2N)CCS1. The molecule has 1 atom stereocenters. The zero-order valence-electron chi connectivity index (χ0n) is 10.4. The summed E-state index contributed by atoms with van der Waals surface area (Å²) in [5.41, 5.74) is 7.40. The first-order valence-electron chi connectivity index (χ1n) is 6.11. The molecule has 1 aromatic rings. The number of nitrogen functional groups attached to an aromatic ring is 1. The summed E-state index contributed by atoms with van der Waals surface area (Å²) in [5, 5.41) is 9.69. The topological polar surface area (TPSA) is 66.6 Å². The maximum atomic E-state index is 11.1. The van der Waals surface area contributed by atoms with Gasteiger partial charge in [-0.2, -0.15) is 11.8 Å². The number of hydrogen-bond acceptors (Lipinski definition) is 4. The van der Waals surface area contributed by atoms with E-state index in [0.717, 1.165) is 31.0 Å². The Hall–Kier alpha value is -1.36. The van der Waals surface area contributed by atoms with E-state index in [1.165, 1.54) is 0 Å². The van der Waals surface area contributed by atoms with E-state index < -0.39 is 5.97 Å². The quantitative estimate of drug-likeness (QED) is 0.822. The van der Waals surface area contributed by atoms with E-state index in [9.17, 15) is 4.79 Å². The number of nitrogens with zero attached hydrogens (tertiary/aromatic N) is 1. The lowest BCUT2D eigenvalue weighted by molar-refractivity contribution is 0.0698. The maximum Gasteiger partial charge on any atom is 0.337 e. The number of nitrogens with two attached hydrogens (primary N) is 1. The number of thioether (sulfide) groups is 1. The maximum absolute atomic E-state index is 11.1. The minimum Gasteiger partial charge on any atom is -0.478 e. The second kappa shape index (κ2) is 5.52. The molecule has 1 aliphatic heterocycles. The van der Waals surface area contributed by atoms with E-state index in [4.69, 9.17) is 10.8 Å². The zero-order chi connectivity index (χ0) is 13.1. The first kappa shape index (κ1) is 13.1. The predicted molar refractivity (Wildman–Crippen MR) is 76.6 cm³/mol. The molecule has 0 saturated carbocycles. The van der Waals surface area contributed by atoms with E-state index in [-0.39, 0.29) is 5.56 Å². The van der Waals surface area contributed by atoms with E-state index in [2.05, 4.69) is 11.8 Å². The molecule has 0 aliphatic carbocycles. The second-order valence-corrected chi connectivity index (χ2v) is 5.80. The minimum atomic E-state index is -0.965. The fraction of sp³-hybridized carbons (Fsp3) is 0.462. The zero-order valence-corrected chi connectivity index (χ0v) is 11.2. The average molecular weight is 266 g/mol. The van der Waals surface area contributed by atoms with Crippen molar-refractivity contribution in [2.75, 3.05) is 29.5 Å². The summed E-state index contributed by atoms with van der Waals surface area (Å²) in [6, 6.07) is 5.22. The van der Waals surface area contributed by atoms with Crippen molar-refractivity contribution in [3.8, 4) is 0 Å². The smallest absolute Gasteiger partial charge is 0.337 e. The number of anilines is 2. The van der Waals surface area contributed by atoms with Gasteiger partial charge in [-0.1, -0.05) is 13.0 Å². The lowest BCUT2D eigenvalue weighted by atomic mass is 10.1. The number of carboxylic acids is 1. The van der Waals surface area contributed by atoms with Gasteiger partial charge in [-0.3, -0.25) is 0 Å². The third kappa shape index (κ3) is 2.56. The fourth-order valence-electron chi connectivity index (χ4n) is 2.20. The Morgan fingerprint density at radius 3 is 3.06 bits per heavy atom. The van der Waals surface area contributed by atoms with E-state index in [0.29, 0.717) is 10.9 Å². The molecule has 0 aromatic heterocycles. The van der Waals surface area contributed by atoms with Gasteiger partial charge in [-0.25, -0.2) is 4.79 Å². The van der Waals surface area contributed by atoms with Crippen LogP contribution in [0.3, 0.4) is 0 Å². The molecule has 3 N–H and O–H groups in total. The molecule has 1 aliphatic rings. The summed E-state index contributed by atoms with van der Waals surface area (Å²) in [5.74, 6) is 0.0997. The molecule has 98 valence electrons. The molecule has 0 amide bonds. The summed E-state index contributed by atoms with van der Waals surface area (Å²) in [7, 11) is 0. The van der Waals surface area contributed by atoms with Crippen LogP contribution >= 0.6 is 11.8 Å². The lowest BCUT2D eigenvalue weighted by Gasteiger charge is -2.34. The van der Waals surface area contributed by atoms with Crippen molar-refractivity contribution in [1.29, 1.82) is 0 Å². The van der Waals surface area contributed by atoms with Crippen LogP contribution in [-0.2, 0) is 0 Å². The van der Waals surface area contributed by atoms with Crippen molar-refractivity contribution in [1.82, 2.24) is 0 Å². The molecule has 0 radical (unpaired) electrons. The van der Waals surface area contributed by atoms with Gasteiger partial charge in [-0.05, 0) is 18.6 Å². The van der Waals surface area contributed by atoms with Gasteiger partial charge in [0, 0.05) is 24.1 Å². The number of para-hydroxylation sites is 1. The van der Waals surface area contributed by atoms with Gasteiger partial charge in [-0.15, -0.1) is 0 Å². The summed E-state index contributed by atoms with van der Waals surface area (Å²) in [6.07, 6.45) is 1.12. The van der Waals surface area contributed by atoms with Crippen molar-refractivity contribution < 1.29 is 9.90 Å². The van der Waals surface area contributed by atoms with Gasteiger partial charge in [0.15, 0.2) is 0 Å². The van der Waals surface area contributed by atoms with Crippen LogP contribution in [0.1, 0.15) is 23.7 Å².